The molecule has 0 bridgehead atoms. The number of hydrogen-bond acceptors (Lipinski definition) is 2. The van der Waals surface area contributed by atoms with E-state index >= 15 is 0 Å². The van der Waals surface area contributed by atoms with Gasteiger partial charge in [-0.3, -0.25) is 0 Å². The summed E-state index contributed by atoms with van der Waals surface area (Å²) in [5.74, 6) is 2.67. The molecule has 0 aliphatic heterocycles. The Bertz CT molecular complexity index is 169. The molecule has 2 heteroatoms. The molecule has 2 rings (SSSR count). The van der Waals surface area contributed by atoms with Gasteiger partial charge in [-0.25, -0.2) is 0 Å². The molecule has 2 nitrogen and oxygen atoms in total. The predicted molar refractivity (Wildman–Crippen MR) is 53.2 cm³/mol. The molecule has 13 heavy (non-hydrogen) atoms. The van der Waals surface area contributed by atoms with E-state index in [0.717, 1.165) is 18.3 Å². The Kier molecular flexibility index (Phi) is 2.61. The summed E-state index contributed by atoms with van der Waals surface area (Å²) >= 11 is 0. The van der Waals surface area contributed by atoms with E-state index in [9.17, 15) is 5.11 Å². The average molecular weight is 183 g/mol. The Morgan fingerprint density at radius 3 is 2.46 bits per heavy atom. The first-order chi connectivity index (χ1) is 6.29. The molecule has 0 spiro atoms. The van der Waals surface area contributed by atoms with Crippen molar-refractivity contribution in [1.29, 1.82) is 0 Å². The Morgan fingerprint density at radius 2 is 2.00 bits per heavy atom. The Hall–Kier alpha value is -0.0800. The lowest BCUT2D eigenvalue weighted by Gasteiger charge is -2.21. The summed E-state index contributed by atoms with van der Waals surface area (Å²) in [5.41, 5.74) is 5.64. The molecule has 0 saturated heterocycles. The molecular weight excluding hydrogens is 162 g/mol. The first-order valence-electron chi connectivity index (χ1n) is 5.67. The van der Waals surface area contributed by atoms with Gasteiger partial charge >= 0.3 is 0 Å². The normalized spacial score (nSPS) is 41.3. The molecule has 0 aromatic carbocycles. The minimum Gasteiger partial charge on any atom is -0.392 e. The minimum atomic E-state index is -0.106. The van der Waals surface area contributed by atoms with Gasteiger partial charge in [0, 0.05) is 0 Å². The number of aliphatic hydroxyl groups excluding tert-OH is 1. The quantitative estimate of drug-likeness (QED) is 0.691. The van der Waals surface area contributed by atoms with Gasteiger partial charge in [-0.1, -0.05) is 13.3 Å². The standard InChI is InChI=1S/C11H21NO/c1-2-7(6-12)11(13)10-8-4-3-5-9(8)10/h7-11,13H,2-6,12H2,1H3. The van der Waals surface area contributed by atoms with Gasteiger partial charge in [0.05, 0.1) is 6.10 Å². The van der Waals surface area contributed by atoms with Crippen LogP contribution >= 0.6 is 0 Å². The smallest absolute Gasteiger partial charge is 0.0613 e. The summed E-state index contributed by atoms with van der Waals surface area (Å²) in [7, 11) is 0. The zero-order valence-corrected chi connectivity index (χ0v) is 8.45. The molecular formula is C11H21NO. The maximum absolute atomic E-state index is 10.1. The third-order valence-electron chi connectivity index (χ3n) is 4.18. The average Bonchev–Trinajstić information content (AvgIpc) is 2.62. The van der Waals surface area contributed by atoms with Crippen LogP contribution in [0.1, 0.15) is 32.6 Å². The number of hydrogen-bond donors (Lipinski definition) is 2. The SMILES string of the molecule is CCC(CN)C(O)C1C2CCCC21. The van der Waals surface area contributed by atoms with E-state index in [2.05, 4.69) is 6.92 Å². The van der Waals surface area contributed by atoms with Crippen LogP contribution in [0.2, 0.25) is 0 Å². The molecule has 4 unspecified atom stereocenters. The number of nitrogens with two attached hydrogens (primary N) is 1. The van der Waals surface area contributed by atoms with Gasteiger partial charge in [0.2, 0.25) is 0 Å². The summed E-state index contributed by atoms with van der Waals surface area (Å²) in [5, 5.41) is 10.1. The second kappa shape index (κ2) is 3.58. The molecule has 4 atom stereocenters. The summed E-state index contributed by atoms with van der Waals surface area (Å²) in [4.78, 5) is 0. The van der Waals surface area contributed by atoms with Gasteiger partial charge in [0.1, 0.15) is 0 Å². The molecule has 0 amide bonds. The Balaban J connectivity index is 1.87. The highest BCUT2D eigenvalue weighted by molar-refractivity contribution is 5.05. The van der Waals surface area contributed by atoms with Crippen molar-refractivity contribution < 1.29 is 5.11 Å². The molecule has 0 heterocycles. The maximum Gasteiger partial charge on any atom is 0.0613 e. The van der Waals surface area contributed by atoms with Crippen LogP contribution in [0.15, 0.2) is 0 Å². The number of rotatable bonds is 4. The van der Waals surface area contributed by atoms with Crippen molar-refractivity contribution in [3.63, 3.8) is 0 Å². The highest BCUT2D eigenvalue weighted by Gasteiger charge is 2.56. The summed E-state index contributed by atoms with van der Waals surface area (Å²) in [6, 6.07) is 0. The van der Waals surface area contributed by atoms with Crippen LogP contribution in [-0.4, -0.2) is 17.8 Å². The molecule has 2 aliphatic carbocycles. The molecule has 2 saturated carbocycles. The molecule has 76 valence electrons. The van der Waals surface area contributed by atoms with Gasteiger partial charge in [0.15, 0.2) is 0 Å². The molecule has 2 fully saturated rings. The second-order valence-corrected chi connectivity index (χ2v) is 4.73. The van der Waals surface area contributed by atoms with Crippen molar-refractivity contribution in [1.82, 2.24) is 0 Å². The van der Waals surface area contributed by atoms with E-state index in [1.807, 2.05) is 0 Å². The predicted octanol–water partition coefficient (Wildman–Crippen LogP) is 1.38. The van der Waals surface area contributed by atoms with E-state index in [1.165, 1.54) is 19.3 Å². The molecule has 3 N–H and O–H groups in total. The third-order valence-corrected chi connectivity index (χ3v) is 4.18. The van der Waals surface area contributed by atoms with Crippen molar-refractivity contribution >= 4 is 0 Å². The van der Waals surface area contributed by atoms with Gasteiger partial charge in [-0.05, 0) is 49.5 Å². The fraction of sp³-hybridized carbons (Fsp3) is 1.00. The van der Waals surface area contributed by atoms with E-state index < -0.39 is 0 Å². The fourth-order valence-electron chi connectivity index (χ4n) is 3.25. The highest BCUT2D eigenvalue weighted by Crippen LogP contribution is 2.59. The van der Waals surface area contributed by atoms with E-state index in [0.29, 0.717) is 18.4 Å². The van der Waals surface area contributed by atoms with Crippen molar-refractivity contribution in [3.05, 3.63) is 0 Å². The van der Waals surface area contributed by atoms with Crippen LogP contribution in [0, 0.1) is 23.7 Å². The van der Waals surface area contributed by atoms with E-state index in [4.69, 9.17) is 5.73 Å². The summed E-state index contributed by atoms with van der Waals surface area (Å²) in [6.07, 6.45) is 5.01. The van der Waals surface area contributed by atoms with Crippen LogP contribution in [0.25, 0.3) is 0 Å². The van der Waals surface area contributed by atoms with Crippen LogP contribution in [-0.2, 0) is 0 Å². The fourth-order valence-corrected chi connectivity index (χ4v) is 3.25. The number of fused-ring (bicyclic) bond motifs is 1. The van der Waals surface area contributed by atoms with E-state index in [-0.39, 0.29) is 6.10 Å². The Morgan fingerprint density at radius 1 is 1.38 bits per heavy atom. The van der Waals surface area contributed by atoms with Gasteiger partial charge < -0.3 is 10.8 Å². The van der Waals surface area contributed by atoms with Crippen LogP contribution in [0.3, 0.4) is 0 Å². The lowest BCUT2D eigenvalue weighted by atomic mass is 9.92. The second-order valence-electron chi connectivity index (χ2n) is 4.73. The van der Waals surface area contributed by atoms with Crippen LogP contribution in [0.5, 0.6) is 0 Å². The monoisotopic (exact) mass is 183 g/mol. The van der Waals surface area contributed by atoms with E-state index in [1.54, 1.807) is 0 Å². The first-order valence-corrected chi connectivity index (χ1v) is 5.67. The number of aliphatic hydroxyl groups is 1. The van der Waals surface area contributed by atoms with Crippen molar-refractivity contribution in [3.8, 4) is 0 Å². The minimum absolute atomic E-state index is 0.106. The first kappa shape index (κ1) is 9.47. The molecule has 0 radical (unpaired) electrons. The van der Waals surface area contributed by atoms with Crippen molar-refractivity contribution in [2.24, 2.45) is 29.4 Å². The summed E-state index contributed by atoms with van der Waals surface area (Å²) in [6.45, 7) is 2.77. The van der Waals surface area contributed by atoms with Crippen LogP contribution in [0.4, 0.5) is 0 Å². The lowest BCUT2D eigenvalue weighted by Crippen LogP contribution is -2.30. The zero-order chi connectivity index (χ0) is 9.42. The molecule has 2 aliphatic rings. The lowest BCUT2D eigenvalue weighted by molar-refractivity contribution is 0.0753. The highest BCUT2D eigenvalue weighted by atomic mass is 16.3. The molecule has 0 aromatic rings. The van der Waals surface area contributed by atoms with Crippen molar-refractivity contribution in [2.45, 2.75) is 38.7 Å². The third kappa shape index (κ3) is 1.50. The van der Waals surface area contributed by atoms with Crippen LogP contribution < -0.4 is 5.73 Å². The maximum atomic E-state index is 10.1. The van der Waals surface area contributed by atoms with Crippen molar-refractivity contribution in [2.75, 3.05) is 6.54 Å². The van der Waals surface area contributed by atoms with Gasteiger partial charge in [-0.15, -0.1) is 0 Å². The Labute approximate surface area is 80.5 Å². The molecule has 0 aromatic heterocycles. The summed E-state index contributed by atoms with van der Waals surface area (Å²) < 4.78 is 0. The van der Waals surface area contributed by atoms with Gasteiger partial charge in [-0.2, -0.15) is 0 Å². The topological polar surface area (TPSA) is 46.2 Å². The van der Waals surface area contributed by atoms with Gasteiger partial charge in [0.25, 0.3) is 0 Å². The zero-order valence-electron chi connectivity index (χ0n) is 8.45. The largest absolute Gasteiger partial charge is 0.392 e.